The first-order valence-electron chi connectivity index (χ1n) is 6.63. The number of oxime groups is 1. The Morgan fingerprint density at radius 3 is 2.95 bits per heavy atom. The van der Waals surface area contributed by atoms with Gasteiger partial charge in [0.25, 0.3) is 0 Å². The largest absolute Gasteiger partial charge is 0.409 e. The van der Waals surface area contributed by atoms with Crippen LogP contribution in [0.5, 0.6) is 0 Å². The minimum Gasteiger partial charge on any atom is -0.409 e. The SMILES string of the molecule is CC1CN(Cc2ccc(/C(N)=N/O)cc2Cl)C(C)CO1. The summed E-state index contributed by atoms with van der Waals surface area (Å²) in [4.78, 5) is 2.35. The van der Waals surface area contributed by atoms with Crippen LogP contribution < -0.4 is 5.73 Å². The molecule has 1 aromatic carbocycles. The van der Waals surface area contributed by atoms with Crippen molar-refractivity contribution in [3.05, 3.63) is 34.3 Å². The van der Waals surface area contributed by atoms with Gasteiger partial charge in [-0.2, -0.15) is 0 Å². The fourth-order valence-corrected chi connectivity index (χ4v) is 2.54. The van der Waals surface area contributed by atoms with Gasteiger partial charge in [0, 0.05) is 29.7 Å². The first kappa shape index (κ1) is 15.1. The number of hydrogen-bond donors (Lipinski definition) is 2. The van der Waals surface area contributed by atoms with Crippen LogP contribution in [0.4, 0.5) is 0 Å². The molecule has 1 saturated heterocycles. The van der Waals surface area contributed by atoms with Crippen molar-refractivity contribution in [3.63, 3.8) is 0 Å². The van der Waals surface area contributed by atoms with Crippen molar-refractivity contribution in [1.82, 2.24) is 4.90 Å². The van der Waals surface area contributed by atoms with E-state index in [2.05, 4.69) is 23.9 Å². The van der Waals surface area contributed by atoms with Crippen molar-refractivity contribution in [2.24, 2.45) is 10.9 Å². The number of halogens is 1. The van der Waals surface area contributed by atoms with Crippen LogP contribution in [-0.4, -0.2) is 41.2 Å². The van der Waals surface area contributed by atoms with E-state index >= 15 is 0 Å². The van der Waals surface area contributed by atoms with Crippen molar-refractivity contribution >= 4 is 17.4 Å². The van der Waals surface area contributed by atoms with Crippen LogP contribution in [0, 0.1) is 0 Å². The predicted molar refractivity (Wildman–Crippen MR) is 79.2 cm³/mol. The zero-order valence-electron chi connectivity index (χ0n) is 11.7. The topological polar surface area (TPSA) is 71.1 Å². The van der Waals surface area contributed by atoms with E-state index < -0.39 is 0 Å². The third kappa shape index (κ3) is 3.42. The molecule has 2 rings (SSSR count). The molecule has 0 radical (unpaired) electrons. The fraction of sp³-hybridized carbons (Fsp3) is 0.500. The first-order chi connectivity index (χ1) is 9.51. The number of ether oxygens (including phenoxy) is 1. The lowest BCUT2D eigenvalue weighted by Crippen LogP contribution is -2.46. The first-order valence-corrected chi connectivity index (χ1v) is 7.01. The Balaban J connectivity index is 2.13. The summed E-state index contributed by atoms with van der Waals surface area (Å²) in [6.45, 7) is 6.61. The second-order valence-electron chi connectivity index (χ2n) is 5.21. The quantitative estimate of drug-likeness (QED) is 0.388. The molecule has 6 heteroatoms. The lowest BCUT2D eigenvalue weighted by Gasteiger charge is -2.36. The van der Waals surface area contributed by atoms with E-state index in [9.17, 15) is 0 Å². The highest BCUT2D eigenvalue weighted by atomic mass is 35.5. The molecule has 0 spiro atoms. The molecule has 5 nitrogen and oxygen atoms in total. The van der Waals surface area contributed by atoms with Crippen LogP contribution in [0.3, 0.4) is 0 Å². The van der Waals surface area contributed by atoms with Crippen molar-refractivity contribution in [2.45, 2.75) is 32.5 Å². The summed E-state index contributed by atoms with van der Waals surface area (Å²) in [6, 6.07) is 5.82. The fourth-order valence-electron chi connectivity index (χ4n) is 2.30. The maximum Gasteiger partial charge on any atom is 0.170 e. The molecule has 110 valence electrons. The van der Waals surface area contributed by atoms with Gasteiger partial charge in [-0.1, -0.05) is 28.9 Å². The molecule has 0 saturated carbocycles. The zero-order chi connectivity index (χ0) is 14.7. The van der Waals surface area contributed by atoms with Gasteiger partial charge in [-0.15, -0.1) is 0 Å². The second kappa shape index (κ2) is 6.43. The molecule has 1 heterocycles. The monoisotopic (exact) mass is 297 g/mol. The molecule has 0 aliphatic carbocycles. The third-order valence-electron chi connectivity index (χ3n) is 3.57. The van der Waals surface area contributed by atoms with Crippen LogP contribution in [0.15, 0.2) is 23.4 Å². The number of hydrogen-bond acceptors (Lipinski definition) is 4. The van der Waals surface area contributed by atoms with Gasteiger partial charge in [-0.3, -0.25) is 4.90 Å². The molecule has 20 heavy (non-hydrogen) atoms. The van der Waals surface area contributed by atoms with Gasteiger partial charge in [0.05, 0.1) is 12.7 Å². The van der Waals surface area contributed by atoms with Gasteiger partial charge in [0.15, 0.2) is 5.84 Å². The van der Waals surface area contributed by atoms with E-state index in [1.54, 1.807) is 6.07 Å². The second-order valence-corrected chi connectivity index (χ2v) is 5.62. The molecule has 0 aromatic heterocycles. The standard InChI is InChI=1S/C14H20ClN3O2/c1-9-8-20-10(2)6-18(9)7-12-4-3-11(5-13(12)15)14(16)17-19/h3-5,9-10,19H,6-8H2,1-2H3,(H2,16,17). The van der Waals surface area contributed by atoms with E-state index in [4.69, 9.17) is 27.3 Å². The van der Waals surface area contributed by atoms with Gasteiger partial charge in [-0.05, 0) is 25.5 Å². The van der Waals surface area contributed by atoms with Crippen molar-refractivity contribution in [1.29, 1.82) is 0 Å². The van der Waals surface area contributed by atoms with Crippen molar-refractivity contribution in [2.75, 3.05) is 13.2 Å². The minimum atomic E-state index is 0.0619. The highest BCUT2D eigenvalue weighted by Crippen LogP contribution is 2.22. The summed E-state index contributed by atoms with van der Waals surface area (Å²) < 4.78 is 5.62. The average Bonchev–Trinajstić information content (AvgIpc) is 2.44. The Labute approximate surface area is 124 Å². The molecule has 1 aliphatic heterocycles. The molecule has 3 N–H and O–H groups in total. The van der Waals surface area contributed by atoms with Gasteiger partial charge in [-0.25, -0.2) is 0 Å². The van der Waals surface area contributed by atoms with E-state index in [1.807, 2.05) is 12.1 Å². The lowest BCUT2D eigenvalue weighted by molar-refractivity contribution is -0.0526. The summed E-state index contributed by atoms with van der Waals surface area (Å²) in [5.41, 5.74) is 7.20. The Morgan fingerprint density at radius 2 is 2.30 bits per heavy atom. The third-order valence-corrected chi connectivity index (χ3v) is 3.92. The number of rotatable bonds is 3. The normalized spacial score (nSPS) is 24.9. The Bertz CT molecular complexity index is 507. The van der Waals surface area contributed by atoms with E-state index in [1.165, 1.54) is 0 Å². The molecule has 2 atom stereocenters. The Hall–Kier alpha value is -1.30. The summed E-state index contributed by atoms with van der Waals surface area (Å²) >= 11 is 6.28. The van der Waals surface area contributed by atoms with Gasteiger partial charge < -0.3 is 15.7 Å². The maximum atomic E-state index is 8.67. The molecule has 0 bridgehead atoms. The van der Waals surface area contributed by atoms with Crippen LogP contribution >= 0.6 is 11.6 Å². The molecular formula is C14H20ClN3O2. The summed E-state index contributed by atoms with van der Waals surface area (Å²) in [5, 5.41) is 12.3. The van der Waals surface area contributed by atoms with Gasteiger partial charge >= 0.3 is 0 Å². The molecule has 1 aromatic rings. The highest BCUT2D eigenvalue weighted by Gasteiger charge is 2.23. The number of nitrogens with zero attached hydrogens (tertiary/aromatic N) is 2. The molecular weight excluding hydrogens is 278 g/mol. The number of nitrogens with two attached hydrogens (primary N) is 1. The molecule has 2 unspecified atom stereocenters. The van der Waals surface area contributed by atoms with Crippen molar-refractivity contribution < 1.29 is 9.94 Å². The maximum absolute atomic E-state index is 8.67. The van der Waals surface area contributed by atoms with Crippen LogP contribution in [0.2, 0.25) is 5.02 Å². The smallest absolute Gasteiger partial charge is 0.170 e. The molecule has 1 fully saturated rings. The van der Waals surface area contributed by atoms with E-state index in [-0.39, 0.29) is 11.9 Å². The van der Waals surface area contributed by atoms with Crippen LogP contribution in [0.25, 0.3) is 0 Å². The Morgan fingerprint density at radius 1 is 1.55 bits per heavy atom. The number of amidine groups is 1. The van der Waals surface area contributed by atoms with Crippen molar-refractivity contribution in [3.8, 4) is 0 Å². The summed E-state index contributed by atoms with van der Waals surface area (Å²) in [6.07, 6.45) is 0.237. The summed E-state index contributed by atoms with van der Waals surface area (Å²) in [7, 11) is 0. The number of morpholine rings is 1. The Kier molecular flexibility index (Phi) is 4.86. The predicted octanol–water partition coefficient (Wildman–Crippen LogP) is 2.04. The van der Waals surface area contributed by atoms with E-state index in [0.29, 0.717) is 16.6 Å². The van der Waals surface area contributed by atoms with Gasteiger partial charge in [0.1, 0.15) is 0 Å². The van der Waals surface area contributed by atoms with Crippen LogP contribution in [0.1, 0.15) is 25.0 Å². The lowest BCUT2D eigenvalue weighted by atomic mass is 10.1. The van der Waals surface area contributed by atoms with E-state index in [0.717, 1.165) is 25.3 Å². The van der Waals surface area contributed by atoms with Gasteiger partial charge in [0.2, 0.25) is 0 Å². The summed E-state index contributed by atoms with van der Waals surface area (Å²) in [5.74, 6) is 0.0619. The molecule has 1 aliphatic rings. The zero-order valence-corrected chi connectivity index (χ0v) is 12.5. The van der Waals surface area contributed by atoms with Crippen LogP contribution in [-0.2, 0) is 11.3 Å². The minimum absolute atomic E-state index is 0.0619. The number of benzene rings is 1. The molecule has 0 amide bonds. The highest BCUT2D eigenvalue weighted by molar-refractivity contribution is 6.31. The average molecular weight is 298 g/mol.